The third-order valence-electron chi connectivity index (χ3n) is 6.48. The minimum Gasteiger partial charge on any atom is -0.481 e. The fraction of sp³-hybridized carbons (Fsp3) is 0.615. The van der Waals surface area contributed by atoms with Crippen molar-refractivity contribution in [3.05, 3.63) is 29.6 Å². The summed E-state index contributed by atoms with van der Waals surface area (Å²) in [7, 11) is 0. The van der Waals surface area contributed by atoms with Gasteiger partial charge >= 0.3 is 5.97 Å². The van der Waals surface area contributed by atoms with Gasteiger partial charge in [0.15, 0.2) is 12.3 Å². The van der Waals surface area contributed by atoms with Gasteiger partial charge in [-0.3, -0.25) is 14.4 Å². The molecule has 3 amide bonds. The van der Waals surface area contributed by atoms with Crippen molar-refractivity contribution < 1.29 is 42.5 Å². The summed E-state index contributed by atoms with van der Waals surface area (Å²) in [6.45, 7) is 6.23. The number of alkyl halides is 1. The predicted molar refractivity (Wildman–Crippen MR) is 131 cm³/mol. The Balaban J connectivity index is 1.70. The number of hydrogen-bond donors (Lipinski definition) is 3. The minimum absolute atomic E-state index is 0.0356. The monoisotopic (exact) mass is 539 g/mol. The fourth-order valence-electron chi connectivity index (χ4n) is 4.17. The van der Waals surface area contributed by atoms with Crippen molar-refractivity contribution in [2.45, 2.75) is 77.4 Å². The molecule has 3 atom stereocenters. The van der Waals surface area contributed by atoms with E-state index in [1.165, 1.54) is 17.0 Å². The zero-order valence-corrected chi connectivity index (χ0v) is 22.0. The molecule has 3 rings (SSSR count). The molecular weight excluding hydrogens is 504 g/mol. The standard InChI is InChI=1S/C26H35F2N3O7/c1-5-37-20(33)14-38-19-10-16(27)7-6-15(19)12-29-22(34)18-11-17(32)13-31(18)23(35)21(25(2,3)4)30-24(36)26(28)8-9-26/h6-7,10,17-18,21,32H,5,8-9,11-14H2,1-4H3,(H,29,34)(H,30,36)/t17-,18+,21-/m1/s1. The Morgan fingerprint density at radius 3 is 2.53 bits per heavy atom. The molecule has 0 spiro atoms. The first-order valence-electron chi connectivity index (χ1n) is 12.6. The van der Waals surface area contributed by atoms with Crippen LogP contribution >= 0.6 is 0 Å². The average Bonchev–Trinajstić information content (AvgIpc) is 3.47. The lowest BCUT2D eigenvalue weighted by Crippen LogP contribution is -2.59. The van der Waals surface area contributed by atoms with Crippen molar-refractivity contribution in [2.24, 2.45) is 5.41 Å². The number of β-amino-alcohol motifs (C(OH)–C–C–N with tert-alkyl or cyclic N) is 1. The van der Waals surface area contributed by atoms with Gasteiger partial charge in [0.05, 0.1) is 12.7 Å². The summed E-state index contributed by atoms with van der Waals surface area (Å²) in [5.41, 5.74) is -2.41. The number of ether oxygens (including phenoxy) is 2. The van der Waals surface area contributed by atoms with Crippen LogP contribution in [0.1, 0.15) is 52.5 Å². The maximum Gasteiger partial charge on any atom is 0.344 e. The molecule has 3 N–H and O–H groups in total. The largest absolute Gasteiger partial charge is 0.481 e. The number of amides is 3. The van der Waals surface area contributed by atoms with Gasteiger partial charge in [-0.25, -0.2) is 13.6 Å². The maximum atomic E-state index is 14.3. The third-order valence-corrected chi connectivity index (χ3v) is 6.48. The first-order chi connectivity index (χ1) is 17.7. The fourth-order valence-corrected chi connectivity index (χ4v) is 4.17. The number of nitrogens with zero attached hydrogens (tertiary/aromatic N) is 1. The lowest BCUT2D eigenvalue weighted by molar-refractivity contribution is -0.145. The predicted octanol–water partition coefficient (Wildman–Crippen LogP) is 1.38. The van der Waals surface area contributed by atoms with Crippen LogP contribution in [0.5, 0.6) is 5.75 Å². The number of carbonyl (C=O) groups is 4. The second-order valence-corrected chi connectivity index (χ2v) is 10.7. The quantitative estimate of drug-likeness (QED) is 0.383. The first-order valence-corrected chi connectivity index (χ1v) is 12.6. The van der Waals surface area contributed by atoms with Crippen LogP contribution in [0.15, 0.2) is 18.2 Å². The highest BCUT2D eigenvalue weighted by molar-refractivity contribution is 5.95. The summed E-state index contributed by atoms with van der Waals surface area (Å²) in [5, 5.41) is 15.4. The summed E-state index contributed by atoms with van der Waals surface area (Å²) in [6.07, 6.45) is -0.833. The van der Waals surface area contributed by atoms with Crippen molar-refractivity contribution in [2.75, 3.05) is 19.8 Å². The van der Waals surface area contributed by atoms with E-state index >= 15 is 0 Å². The Bertz CT molecular complexity index is 1070. The van der Waals surface area contributed by atoms with E-state index in [-0.39, 0.29) is 44.7 Å². The van der Waals surface area contributed by atoms with Crippen molar-refractivity contribution in [3.8, 4) is 5.75 Å². The molecule has 0 bridgehead atoms. The number of aliphatic hydroxyl groups is 1. The number of nitrogens with one attached hydrogen (secondary N) is 2. The number of benzene rings is 1. The zero-order valence-electron chi connectivity index (χ0n) is 22.0. The molecule has 12 heteroatoms. The number of rotatable bonds is 10. The Morgan fingerprint density at radius 1 is 1.24 bits per heavy atom. The smallest absolute Gasteiger partial charge is 0.344 e. The molecule has 0 radical (unpaired) electrons. The Labute approximate surface area is 220 Å². The van der Waals surface area contributed by atoms with Crippen molar-refractivity contribution in [1.82, 2.24) is 15.5 Å². The molecule has 1 heterocycles. The highest BCUT2D eigenvalue weighted by Crippen LogP contribution is 2.40. The van der Waals surface area contributed by atoms with Gasteiger partial charge in [-0.15, -0.1) is 0 Å². The van der Waals surface area contributed by atoms with Crippen LogP contribution in [0, 0.1) is 11.2 Å². The molecule has 1 aromatic rings. The van der Waals surface area contributed by atoms with Crippen LogP contribution in [0.25, 0.3) is 0 Å². The van der Waals surface area contributed by atoms with Crippen molar-refractivity contribution in [3.63, 3.8) is 0 Å². The average molecular weight is 540 g/mol. The summed E-state index contributed by atoms with van der Waals surface area (Å²) in [5.74, 6) is -3.26. The number of carbonyl (C=O) groups excluding carboxylic acids is 4. The van der Waals surface area contributed by atoms with Gasteiger partial charge in [-0.05, 0) is 31.2 Å². The van der Waals surface area contributed by atoms with Crippen LogP contribution in [0.4, 0.5) is 8.78 Å². The van der Waals surface area contributed by atoms with E-state index in [0.29, 0.717) is 5.56 Å². The van der Waals surface area contributed by atoms with Crippen molar-refractivity contribution in [1.29, 1.82) is 0 Å². The highest BCUT2D eigenvalue weighted by atomic mass is 19.1. The number of aliphatic hydroxyl groups excluding tert-OH is 1. The Morgan fingerprint density at radius 2 is 1.92 bits per heavy atom. The number of halogens is 2. The van der Waals surface area contributed by atoms with Crippen LogP contribution in [0.3, 0.4) is 0 Å². The third kappa shape index (κ3) is 7.18. The molecule has 10 nitrogen and oxygen atoms in total. The molecular formula is C26H35F2N3O7. The lowest BCUT2D eigenvalue weighted by atomic mass is 9.85. The normalized spacial score (nSPS) is 20.9. The van der Waals surface area contributed by atoms with Gasteiger partial charge < -0.3 is 30.1 Å². The van der Waals surface area contributed by atoms with Crippen molar-refractivity contribution >= 4 is 23.7 Å². The Kier molecular flexibility index (Phi) is 8.96. The molecule has 2 aliphatic rings. The highest BCUT2D eigenvalue weighted by Gasteiger charge is 2.53. The topological polar surface area (TPSA) is 134 Å². The van der Waals surface area contributed by atoms with E-state index < -0.39 is 65.4 Å². The molecule has 210 valence electrons. The van der Waals surface area contributed by atoms with E-state index in [1.807, 2.05) is 0 Å². The van der Waals surface area contributed by atoms with E-state index in [4.69, 9.17) is 9.47 Å². The molecule has 1 aliphatic carbocycles. The number of hydrogen-bond acceptors (Lipinski definition) is 7. The molecule has 0 unspecified atom stereocenters. The van der Waals surface area contributed by atoms with Gasteiger partial charge in [0.1, 0.15) is 23.7 Å². The number of likely N-dealkylation sites (tertiary alicyclic amines) is 1. The van der Waals surface area contributed by atoms with Gasteiger partial charge in [0.25, 0.3) is 5.91 Å². The van der Waals surface area contributed by atoms with Gasteiger partial charge in [0, 0.05) is 31.1 Å². The number of esters is 1. The van der Waals surface area contributed by atoms with E-state index in [0.717, 1.165) is 6.07 Å². The van der Waals surface area contributed by atoms with E-state index in [1.54, 1.807) is 27.7 Å². The SMILES string of the molecule is CCOC(=O)COc1cc(F)ccc1CNC(=O)[C@@H]1C[C@@H](O)CN1C(=O)[C@@H](NC(=O)C1(F)CC1)C(C)(C)C. The molecule has 1 aliphatic heterocycles. The molecule has 1 saturated heterocycles. The second kappa shape index (κ2) is 11.6. The molecule has 38 heavy (non-hydrogen) atoms. The molecule has 1 aromatic carbocycles. The van der Waals surface area contributed by atoms with Crippen LogP contribution < -0.4 is 15.4 Å². The van der Waals surface area contributed by atoms with E-state index in [9.17, 15) is 33.1 Å². The molecule has 1 saturated carbocycles. The first kappa shape index (κ1) is 29.3. The second-order valence-electron chi connectivity index (χ2n) is 10.7. The van der Waals surface area contributed by atoms with Crippen LogP contribution in [0.2, 0.25) is 0 Å². The van der Waals surface area contributed by atoms with Crippen LogP contribution in [-0.2, 0) is 30.5 Å². The molecule has 2 fully saturated rings. The van der Waals surface area contributed by atoms with Gasteiger partial charge in [-0.1, -0.05) is 26.8 Å². The summed E-state index contributed by atoms with van der Waals surface area (Å²) < 4.78 is 38.2. The summed E-state index contributed by atoms with van der Waals surface area (Å²) in [4.78, 5) is 51.8. The van der Waals surface area contributed by atoms with Gasteiger partial charge in [0.2, 0.25) is 11.8 Å². The van der Waals surface area contributed by atoms with Gasteiger partial charge in [-0.2, -0.15) is 0 Å². The summed E-state index contributed by atoms with van der Waals surface area (Å²) >= 11 is 0. The van der Waals surface area contributed by atoms with E-state index in [2.05, 4.69) is 10.6 Å². The van der Waals surface area contributed by atoms with Crippen LogP contribution in [-0.4, -0.2) is 77.3 Å². The Hall–Kier alpha value is -3.28. The molecule has 0 aromatic heterocycles. The minimum atomic E-state index is -1.98. The zero-order chi connectivity index (χ0) is 28.3. The summed E-state index contributed by atoms with van der Waals surface area (Å²) in [6, 6.07) is 1.46. The lowest BCUT2D eigenvalue weighted by Gasteiger charge is -2.35. The maximum absolute atomic E-state index is 14.3.